The van der Waals surface area contributed by atoms with Gasteiger partial charge in [0.25, 0.3) is 0 Å². The number of amides is 1. The molecule has 2 aromatic rings. The second-order valence-electron chi connectivity index (χ2n) is 6.29. The summed E-state index contributed by atoms with van der Waals surface area (Å²) in [5, 5.41) is 2.77. The van der Waals surface area contributed by atoms with Crippen molar-refractivity contribution in [2.24, 2.45) is 0 Å². The number of carbonyl (C=O) groups excluding carboxylic acids is 2. The maximum absolute atomic E-state index is 12.2. The van der Waals surface area contributed by atoms with Gasteiger partial charge in [-0.3, -0.25) is 13.9 Å². The van der Waals surface area contributed by atoms with Crippen LogP contribution in [0.5, 0.6) is 0 Å². The van der Waals surface area contributed by atoms with Gasteiger partial charge in [-0.1, -0.05) is 19.1 Å². The molecule has 0 aliphatic heterocycles. The number of nitrogens with one attached hydrogen (secondary N) is 1. The molecular weight excluding hydrogens is 364 g/mol. The number of hydrogen-bond donors (Lipinski definition) is 1. The van der Waals surface area contributed by atoms with Gasteiger partial charge in [-0.05, 0) is 55.3 Å². The van der Waals surface area contributed by atoms with E-state index < -0.39 is 10.0 Å². The van der Waals surface area contributed by atoms with Crippen molar-refractivity contribution in [2.75, 3.05) is 22.4 Å². The third-order valence-corrected chi connectivity index (χ3v) is 5.34. The Morgan fingerprint density at radius 1 is 1.00 bits per heavy atom. The lowest BCUT2D eigenvalue weighted by molar-refractivity contribution is -0.116. The summed E-state index contributed by atoms with van der Waals surface area (Å²) >= 11 is 0. The number of benzene rings is 2. The summed E-state index contributed by atoms with van der Waals surface area (Å²) in [6, 6.07) is 13.8. The van der Waals surface area contributed by atoms with Crippen LogP contribution in [0.4, 0.5) is 11.4 Å². The zero-order valence-corrected chi connectivity index (χ0v) is 16.5. The Kier molecular flexibility index (Phi) is 6.74. The number of hydrogen-bond acceptors (Lipinski definition) is 4. The van der Waals surface area contributed by atoms with Crippen molar-refractivity contribution in [1.82, 2.24) is 0 Å². The van der Waals surface area contributed by atoms with Crippen LogP contribution in [0, 0.1) is 0 Å². The Morgan fingerprint density at radius 3 is 2.07 bits per heavy atom. The van der Waals surface area contributed by atoms with Crippen LogP contribution in [0.3, 0.4) is 0 Å². The van der Waals surface area contributed by atoms with E-state index in [4.69, 9.17) is 0 Å². The molecule has 0 fully saturated rings. The van der Waals surface area contributed by atoms with Gasteiger partial charge in [0.2, 0.25) is 15.9 Å². The number of sulfonamides is 1. The van der Waals surface area contributed by atoms with Gasteiger partial charge in [-0.25, -0.2) is 8.42 Å². The first kappa shape index (κ1) is 20.6. The molecule has 0 spiro atoms. The highest BCUT2D eigenvalue weighted by molar-refractivity contribution is 7.92. The van der Waals surface area contributed by atoms with Crippen LogP contribution >= 0.6 is 0 Å². The smallest absolute Gasteiger partial charge is 0.232 e. The summed E-state index contributed by atoms with van der Waals surface area (Å²) in [6.45, 7) is 3.51. The summed E-state index contributed by atoms with van der Waals surface area (Å²) in [5.74, 6) is -0.367. The van der Waals surface area contributed by atoms with E-state index in [-0.39, 0.29) is 24.7 Å². The largest absolute Gasteiger partial charge is 0.326 e. The van der Waals surface area contributed by atoms with E-state index in [0.717, 1.165) is 17.0 Å². The number of ketones is 1. The number of Topliss-reactive ketones (excluding diaryl/α,β-unsaturated/α-hetero) is 1. The molecule has 0 aromatic heterocycles. The summed E-state index contributed by atoms with van der Waals surface area (Å²) in [4.78, 5) is 23.6. The fraction of sp³-hybridized carbons (Fsp3) is 0.300. The number of carbonyl (C=O) groups is 2. The molecule has 0 heterocycles. The Hall–Kier alpha value is -2.67. The predicted molar refractivity (Wildman–Crippen MR) is 108 cm³/mol. The van der Waals surface area contributed by atoms with Crippen molar-refractivity contribution in [2.45, 2.75) is 26.7 Å². The molecule has 0 aliphatic rings. The minimum absolute atomic E-state index is 0.0110. The average Bonchev–Trinajstić information content (AvgIpc) is 2.61. The van der Waals surface area contributed by atoms with Crippen LogP contribution in [0.25, 0.3) is 0 Å². The standard InChI is InChI=1S/C20H24N2O4S/c1-4-16-5-9-18(10-6-16)21-20(24)13-14-22(27(3,25)26)19-11-7-17(8-12-19)15(2)23/h5-12H,4,13-14H2,1-3H3,(H,21,24). The summed E-state index contributed by atoms with van der Waals surface area (Å²) in [7, 11) is -3.56. The molecule has 2 aromatic carbocycles. The lowest BCUT2D eigenvalue weighted by atomic mass is 10.1. The zero-order valence-electron chi connectivity index (χ0n) is 15.7. The average molecular weight is 388 g/mol. The van der Waals surface area contributed by atoms with Crippen molar-refractivity contribution >= 4 is 33.1 Å². The van der Waals surface area contributed by atoms with Gasteiger partial charge in [-0.15, -0.1) is 0 Å². The molecular formula is C20H24N2O4S. The summed E-state index contributed by atoms with van der Waals surface area (Å²) in [5.41, 5.74) is 2.77. The van der Waals surface area contributed by atoms with Crippen LogP contribution in [0.1, 0.15) is 36.2 Å². The molecule has 0 atom stereocenters. The molecule has 0 aliphatic carbocycles. The summed E-state index contributed by atoms with van der Waals surface area (Å²) < 4.78 is 25.4. The van der Waals surface area contributed by atoms with E-state index in [1.807, 2.05) is 24.3 Å². The second-order valence-corrected chi connectivity index (χ2v) is 8.19. The molecule has 6 nitrogen and oxygen atoms in total. The topological polar surface area (TPSA) is 83.6 Å². The third kappa shape index (κ3) is 5.92. The monoisotopic (exact) mass is 388 g/mol. The van der Waals surface area contributed by atoms with Crippen molar-refractivity contribution in [3.05, 3.63) is 59.7 Å². The highest BCUT2D eigenvalue weighted by atomic mass is 32.2. The SMILES string of the molecule is CCc1ccc(NC(=O)CCN(c2ccc(C(C)=O)cc2)S(C)(=O)=O)cc1. The van der Waals surface area contributed by atoms with Crippen LogP contribution in [0.2, 0.25) is 0 Å². The van der Waals surface area contributed by atoms with Gasteiger partial charge in [0.05, 0.1) is 11.9 Å². The minimum Gasteiger partial charge on any atom is -0.326 e. The highest BCUT2D eigenvalue weighted by Crippen LogP contribution is 2.19. The Labute approximate surface area is 160 Å². The molecule has 2 rings (SSSR count). The van der Waals surface area contributed by atoms with E-state index in [1.165, 1.54) is 12.5 Å². The zero-order chi connectivity index (χ0) is 20.0. The molecule has 0 bridgehead atoms. The van der Waals surface area contributed by atoms with E-state index in [0.29, 0.717) is 16.9 Å². The normalized spacial score (nSPS) is 11.1. The van der Waals surface area contributed by atoms with E-state index in [9.17, 15) is 18.0 Å². The van der Waals surface area contributed by atoms with Crippen LogP contribution in [-0.2, 0) is 21.2 Å². The first-order valence-corrected chi connectivity index (χ1v) is 10.5. The van der Waals surface area contributed by atoms with Gasteiger partial charge >= 0.3 is 0 Å². The molecule has 27 heavy (non-hydrogen) atoms. The molecule has 0 saturated carbocycles. The molecule has 0 radical (unpaired) electrons. The predicted octanol–water partition coefficient (Wildman–Crippen LogP) is 3.25. The van der Waals surface area contributed by atoms with Gasteiger partial charge in [0.15, 0.2) is 5.78 Å². The van der Waals surface area contributed by atoms with Gasteiger partial charge in [0, 0.05) is 24.2 Å². The third-order valence-electron chi connectivity index (χ3n) is 4.15. The molecule has 144 valence electrons. The highest BCUT2D eigenvalue weighted by Gasteiger charge is 2.19. The summed E-state index contributed by atoms with van der Waals surface area (Å²) in [6.07, 6.45) is 2.02. The Balaban J connectivity index is 2.05. The number of anilines is 2. The molecule has 0 unspecified atom stereocenters. The molecule has 1 amide bonds. The first-order chi connectivity index (χ1) is 12.7. The van der Waals surface area contributed by atoms with E-state index >= 15 is 0 Å². The van der Waals surface area contributed by atoms with Gasteiger partial charge in [-0.2, -0.15) is 0 Å². The number of aryl methyl sites for hydroxylation is 1. The lowest BCUT2D eigenvalue weighted by Gasteiger charge is -2.22. The van der Waals surface area contributed by atoms with Gasteiger partial charge < -0.3 is 5.32 Å². The number of rotatable bonds is 8. The van der Waals surface area contributed by atoms with E-state index in [1.54, 1.807) is 24.3 Å². The second kappa shape index (κ2) is 8.81. The van der Waals surface area contributed by atoms with Crippen molar-refractivity contribution in [3.8, 4) is 0 Å². The minimum atomic E-state index is -3.56. The van der Waals surface area contributed by atoms with Crippen molar-refractivity contribution in [3.63, 3.8) is 0 Å². The van der Waals surface area contributed by atoms with Crippen LogP contribution in [0.15, 0.2) is 48.5 Å². The molecule has 7 heteroatoms. The van der Waals surface area contributed by atoms with Crippen molar-refractivity contribution in [1.29, 1.82) is 0 Å². The maximum Gasteiger partial charge on any atom is 0.232 e. The Morgan fingerprint density at radius 2 is 1.59 bits per heavy atom. The first-order valence-electron chi connectivity index (χ1n) is 8.68. The maximum atomic E-state index is 12.2. The fourth-order valence-corrected chi connectivity index (χ4v) is 3.53. The molecule has 1 N–H and O–H groups in total. The number of nitrogens with zero attached hydrogens (tertiary/aromatic N) is 1. The van der Waals surface area contributed by atoms with Gasteiger partial charge in [0.1, 0.15) is 0 Å². The lowest BCUT2D eigenvalue weighted by Crippen LogP contribution is -2.33. The van der Waals surface area contributed by atoms with E-state index in [2.05, 4.69) is 12.2 Å². The Bertz CT molecular complexity index is 904. The fourth-order valence-electron chi connectivity index (χ4n) is 2.60. The van der Waals surface area contributed by atoms with Crippen LogP contribution < -0.4 is 9.62 Å². The van der Waals surface area contributed by atoms with Crippen LogP contribution in [-0.4, -0.2) is 32.9 Å². The molecule has 0 saturated heterocycles. The van der Waals surface area contributed by atoms with Crippen molar-refractivity contribution < 1.29 is 18.0 Å². The quantitative estimate of drug-likeness (QED) is 0.704.